The van der Waals surface area contributed by atoms with Crippen LogP contribution < -0.4 is 5.32 Å². The van der Waals surface area contributed by atoms with E-state index in [2.05, 4.69) is 37.4 Å². The number of carbonyl (C=O) groups excluding carboxylic acids is 2. The second-order valence-corrected chi connectivity index (χ2v) is 10.6. The van der Waals surface area contributed by atoms with E-state index in [0.29, 0.717) is 12.2 Å². The highest BCUT2D eigenvalue weighted by molar-refractivity contribution is 7.99. The Morgan fingerprint density at radius 1 is 0.919 bits per heavy atom. The van der Waals surface area contributed by atoms with E-state index < -0.39 is 6.04 Å². The first kappa shape index (κ1) is 28.5. The van der Waals surface area contributed by atoms with Gasteiger partial charge in [0, 0.05) is 24.8 Å². The molecule has 6 heteroatoms. The Hall–Kier alpha value is -3.12. The van der Waals surface area contributed by atoms with Crippen molar-refractivity contribution in [1.29, 1.82) is 0 Å². The van der Waals surface area contributed by atoms with Gasteiger partial charge in [0.15, 0.2) is 0 Å². The molecular weight excluding hydrogens is 483 g/mol. The number of amides is 2. The Balaban J connectivity index is 1.85. The topological polar surface area (TPSA) is 49.4 Å². The summed E-state index contributed by atoms with van der Waals surface area (Å²) in [5.74, 6) is 0.338. The molecule has 0 aliphatic carbocycles. The lowest BCUT2D eigenvalue weighted by atomic mass is 10.0. The first-order valence-corrected chi connectivity index (χ1v) is 13.9. The third-order valence-corrected chi connectivity index (χ3v) is 7.30. The zero-order valence-corrected chi connectivity index (χ0v) is 23.0. The van der Waals surface area contributed by atoms with Gasteiger partial charge in [-0.3, -0.25) is 9.59 Å². The lowest BCUT2D eigenvalue weighted by Gasteiger charge is -2.32. The Morgan fingerprint density at radius 3 is 2.19 bits per heavy atom. The molecule has 0 heterocycles. The van der Waals surface area contributed by atoms with E-state index in [9.17, 15) is 14.0 Å². The Labute approximate surface area is 224 Å². The Morgan fingerprint density at radius 2 is 1.57 bits per heavy atom. The molecule has 2 atom stereocenters. The fourth-order valence-electron chi connectivity index (χ4n) is 4.27. The van der Waals surface area contributed by atoms with Crippen molar-refractivity contribution in [3.63, 3.8) is 0 Å². The van der Waals surface area contributed by atoms with Crippen molar-refractivity contribution in [2.45, 2.75) is 64.9 Å². The van der Waals surface area contributed by atoms with E-state index in [1.807, 2.05) is 44.2 Å². The highest BCUT2D eigenvalue weighted by Crippen LogP contribution is 2.20. The molecule has 0 bridgehead atoms. The Bertz CT molecular complexity index is 1150. The van der Waals surface area contributed by atoms with Crippen LogP contribution in [0.25, 0.3) is 0 Å². The molecule has 3 rings (SSSR count). The lowest BCUT2D eigenvalue weighted by Crippen LogP contribution is -2.52. The zero-order valence-electron chi connectivity index (χ0n) is 22.2. The SMILES string of the molecule is CC[C@H](C)NC(=O)[C@H](Cc1ccccc1)N(Cc1ccc(F)cc1)C(=O)CSCc1cc(C)cc(C)c1. The number of aryl methyl sites for hydroxylation is 2. The number of nitrogens with zero attached hydrogens (tertiary/aromatic N) is 1. The molecule has 0 unspecified atom stereocenters. The molecule has 4 nitrogen and oxygen atoms in total. The second kappa shape index (κ2) is 14.0. The van der Waals surface area contributed by atoms with Crippen molar-refractivity contribution in [2.75, 3.05) is 5.75 Å². The van der Waals surface area contributed by atoms with Crippen LogP contribution in [0, 0.1) is 19.7 Å². The summed E-state index contributed by atoms with van der Waals surface area (Å²) in [6.45, 7) is 8.35. The number of thioether (sulfide) groups is 1. The fourth-order valence-corrected chi connectivity index (χ4v) is 5.12. The van der Waals surface area contributed by atoms with E-state index in [4.69, 9.17) is 0 Å². The molecule has 0 aliphatic heterocycles. The molecule has 0 radical (unpaired) electrons. The van der Waals surface area contributed by atoms with E-state index in [1.165, 1.54) is 28.8 Å². The van der Waals surface area contributed by atoms with Crippen LogP contribution in [0.3, 0.4) is 0 Å². The first-order chi connectivity index (χ1) is 17.7. The summed E-state index contributed by atoms with van der Waals surface area (Å²) in [5, 5.41) is 3.07. The third-order valence-electron chi connectivity index (χ3n) is 6.31. The summed E-state index contributed by atoms with van der Waals surface area (Å²) in [7, 11) is 0. The number of hydrogen-bond acceptors (Lipinski definition) is 3. The predicted octanol–water partition coefficient (Wildman–Crippen LogP) is 6.23. The maximum absolute atomic E-state index is 13.7. The van der Waals surface area contributed by atoms with Crippen LogP contribution in [-0.4, -0.2) is 34.6 Å². The van der Waals surface area contributed by atoms with Crippen LogP contribution >= 0.6 is 11.8 Å². The van der Waals surface area contributed by atoms with E-state index >= 15 is 0 Å². The van der Waals surface area contributed by atoms with Gasteiger partial charge in [0.05, 0.1) is 5.75 Å². The summed E-state index contributed by atoms with van der Waals surface area (Å²) < 4.78 is 13.6. The average Bonchev–Trinajstić information content (AvgIpc) is 2.87. The van der Waals surface area contributed by atoms with Crippen LogP contribution in [0.4, 0.5) is 4.39 Å². The molecule has 0 saturated carbocycles. The van der Waals surface area contributed by atoms with Gasteiger partial charge in [0.25, 0.3) is 0 Å². The number of nitrogens with one attached hydrogen (secondary N) is 1. The van der Waals surface area contributed by atoms with Crippen molar-refractivity contribution in [3.05, 3.63) is 106 Å². The van der Waals surface area contributed by atoms with Crippen molar-refractivity contribution < 1.29 is 14.0 Å². The van der Waals surface area contributed by atoms with E-state index in [0.717, 1.165) is 17.5 Å². The van der Waals surface area contributed by atoms with Crippen LogP contribution in [0.1, 0.15) is 48.1 Å². The predicted molar refractivity (Wildman–Crippen MR) is 151 cm³/mol. The summed E-state index contributed by atoms with van der Waals surface area (Å²) in [6.07, 6.45) is 1.19. The number of hydrogen-bond donors (Lipinski definition) is 1. The summed E-state index contributed by atoms with van der Waals surface area (Å²) in [5.41, 5.74) is 5.33. The molecule has 0 fully saturated rings. The highest BCUT2D eigenvalue weighted by Gasteiger charge is 2.30. The quantitative estimate of drug-likeness (QED) is 0.308. The minimum absolute atomic E-state index is 0.00696. The van der Waals surface area contributed by atoms with E-state index in [-0.39, 0.29) is 36.0 Å². The monoisotopic (exact) mass is 520 g/mol. The van der Waals surface area contributed by atoms with Gasteiger partial charge in [-0.1, -0.05) is 78.7 Å². The molecule has 0 saturated heterocycles. The van der Waals surface area contributed by atoms with Gasteiger partial charge in [-0.25, -0.2) is 4.39 Å². The van der Waals surface area contributed by atoms with Gasteiger partial charge in [-0.15, -0.1) is 11.8 Å². The van der Waals surface area contributed by atoms with Gasteiger partial charge < -0.3 is 10.2 Å². The van der Waals surface area contributed by atoms with Crippen molar-refractivity contribution in [3.8, 4) is 0 Å². The van der Waals surface area contributed by atoms with Gasteiger partial charge >= 0.3 is 0 Å². The first-order valence-electron chi connectivity index (χ1n) is 12.8. The van der Waals surface area contributed by atoms with Crippen molar-refractivity contribution in [1.82, 2.24) is 10.2 Å². The largest absolute Gasteiger partial charge is 0.352 e. The minimum atomic E-state index is -0.684. The zero-order chi connectivity index (χ0) is 26.8. The molecule has 3 aromatic rings. The third kappa shape index (κ3) is 9.04. The molecule has 37 heavy (non-hydrogen) atoms. The maximum atomic E-state index is 13.7. The lowest BCUT2D eigenvalue weighted by molar-refractivity contribution is -0.139. The standard InChI is InChI=1S/C31H37FN2O2S/c1-5-24(4)33-31(36)29(18-25-9-7-6-8-10-25)34(19-26-11-13-28(32)14-12-26)30(35)21-37-20-27-16-22(2)15-23(3)17-27/h6-17,24,29H,5,18-21H2,1-4H3,(H,33,36)/t24-,29-/m0/s1. The normalized spacial score (nSPS) is 12.6. The molecule has 0 aliphatic rings. The van der Waals surface area contributed by atoms with Crippen LogP contribution in [0.2, 0.25) is 0 Å². The van der Waals surface area contributed by atoms with Crippen molar-refractivity contribution >= 4 is 23.6 Å². The van der Waals surface area contributed by atoms with Crippen molar-refractivity contribution in [2.24, 2.45) is 0 Å². The molecule has 0 aromatic heterocycles. The van der Waals surface area contributed by atoms with Crippen LogP contribution in [0.15, 0.2) is 72.8 Å². The highest BCUT2D eigenvalue weighted by atomic mass is 32.2. The van der Waals surface area contributed by atoms with E-state index in [1.54, 1.807) is 28.8 Å². The van der Waals surface area contributed by atoms with Gasteiger partial charge in [0.1, 0.15) is 11.9 Å². The molecule has 1 N–H and O–H groups in total. The summed E-state index contributed by atoms with van der Waals surface area (Å²) in [4.78, 5) is 28.8. The summed E-state index contributed by atoms with van der Waals surface area (Å²) in [6, 6.07) is 21.6. The fraction of sp³-hybridized carbons (Fsp3) is 0.355. The summed E-state index contributed by atoms with van der Waals surface area (Å²) >= 11 is 1.54. The minimum Gasteiger partial charge on any atom is -0.352 e. The van der Waals surface area contributed by atoms with Gasteiger partial charge in [-0.2, -0.15) is 0 Å². The molecule has 2 amide bonds. The molecular formula is C31H37FN2O2S. The number of benzene rings is 3. The smallest absolute Gasteiger partial charge is 0.243 e. The maximum Gasteiger partial charge on any atom is 0.243 e. The van der Waals surface area contributed by atoms with Gasteiger partial charge in [0.2, 0.25) is 11.8 Å². The van der Waals surface area contributed by atoms with Gasteiger partial charge in [-0.05, 0) is 56.0 Å². The average molecular weight is 521 g/mol. The molecule has 196 valence electrons. The number of rotatable bonds is 12. The van der Waals surface area contributed by atoms with Crippen LogP contribution in [0.5, 0.6) is 0 Å². The number of carbonyl (C=O) groups is 2. The molecule has 0 spiro atoms. The molecule has 3 aromatic carbocycles. The Kier molecular flexibility index (Phi) is 10.8. The van der Waals surface area contributed by atoms with Crippen LogP contribution in [-0.2, 0) is 28.3 Å². The second-order valence-electron chi connectivity index (χ2n) is 9.66. The number of halogens is 1.